The second-order valence-corrected chi connectivity index (χ2v) is 24.1. The van der Waals surface area contributed by atoms with E-state index in [9.17, 15) is 62.7 Å². The summed E-state index contributed by atoms with van der Waals surface area (Å²) in [6.07, 6.45) is -14.3. The average Bonchev–Trinajstić information content (AvgIpc) is 4.41. The molecule has 3 saturated heterocycles. The van der Waals surface area contributed by atoms with E-state index in [0.29, 0.717) is 0 Å². The van der Waals surface area contributed by atoms with Gasteiger partial charge in [-0.25, -0.2) is 33.1 Å². The fraction of sp³-hybridized carbons (Fsp3) is 0.583. The number of nitrogen functional groups attached to an aromatic ring is 3. The van der Waals surface area contributed by atoms with Gasteiger partial charge in [0.1, 0.15) is 66.3 Å². The Morgan fingerprint density at radius 2 is 1.33 bits per heavy atom. The molecule has 79 heavy (non-hydrogen) atoms. The van der Waals surface area contributed by atoms with E-state index in [1.165, 1.54) is 22.5 Å². The van der Waals surface area contributed by atoms with Crippen molar-refractivity contribution >= 4 is 82.5 Å². The molecular weight excluding hydrogens is 1150 g/mol. The fourth-order valence-electron chi connectivity index (χ4n) is 8.99. The van der Waals surface area contributed by atoms with E-state index in [0.717, 1.165) is 42.1 Å². The number of aromatic amines is 2. The normalized spacial score (nSPS) is 30.6. The number of fused-ring (bicyclic) bond motifs is 3. The number of phosphoric acid groups is 4. The third-order valence-electron chi connectivity index (χ3n) is 12.3. The van der Waals surface area contributed by atoms with Crippen LogP contribution in [-0.2, 0) is 75.7 Å². The average molecular weight is 1200 g/mol. The summed E-state index contributed by atoms with van der Waals surface area (Å²) in [6, 6.07) is 0. The number of phosphoric ester groups is 3. The molecule has 0 aliphatic carbocycles. The number of aromatic nitrogens is 12. The van der Waals surface area contributed by atoms with Gasteiger partial charge in [-0.05, 0) is 20.8 Å². The van der Waals surface area contributed by atoms with Crippen molar-refractivity contribution in [1.82, 2.24) is 53.6 Å². The van der Waals surface area contributed by atoms with Crippen molar-refractivity contribution in [1.29, 1.82) is 0 Å². The van der Waals surface area contributed by atoms with Crippen molar-refractivity contribution in [3.8, 4) is 0 Å². The lowest BCUT2D eigenvalue weighted by Gasteiger charge is -2.35. The molecule has 3 fully saturated rings. The van der Waals surface area contributed by atoms with Gasteiger partial charge < -0.3 is 93.9 Å². The van der Waals surface area contributed by atoms with Crippen LogP contribution >= 0.6 is 31.3 Å². The summed E-state index contributed by atoms with van der Waals surface area (Å²) < 4.78 is 114. The Morgan fingerprint density at radius 1 is 0.759 bits per heavy atom. The highest BCUT2D eigenvalue weighted by Gasteiger charge is 2.56. The van der Waals surface area contributed by atoms with Crippen LogP contribution in [0.2, 0.25) is 0 Å². The van der Waals surface area contributed by atoms with Crippen LogP contribution in [0.15, 0.2) is 34.9 Å². The van der Waals surface area contributed by atoms with Crippen molar-refractivity contribution in [3.05, 3.63) is 46.0 Å². The van der Waals surface area contributed by atoms with Gasteiger partial charge in [0, 0.05) is 7.11 Å². The second-order valence-electron chi connectivity index (χ2n) is 18.2. The fourth-order valence-corrected chi connectivity index (χ4v) is 13.3. The number of nitrogens with one attached hydrogen (secondary N) is 2. The summed E-state index contributed by atoms with van der Waals surface area (Å²) >= 11 is 0. The summed E-state index contributed by atoms with van der Waals surface area (Å²) in [5.41, 5.74) is 13.2. The lowest BCUT2D eigenvalue weighted by Crippen LogP contribution is -2.53. The molecule has 43 heteroatoms. The number of imidazole rings is 3. The van der Waals surface area contributed by atoms with Crippen LogP contribution in [0.25, 0.3) is 33.5 Å². The molecule has 7 unspecified atom stereocenters. The predicted molar refractivity (Wildman–Crippen MR) is 249 cm³/mol. The maximum atomic E-state index is 13.8. The van der Waals surface area contributed by atoms with Gasteiger partial charge in [-0.2, -0.15) is 4.98 Å². The number of aliphatic hydroxyl groups excluding tert-OH is 2. The van der Waals surface area contributed by atoms with Crippen molar-refractivity contribution in [2.24, 2.45) is 7.05 Å². The van der Waals surface area contributed by atoms with Crippen molar-refractivity contribution in [3.63, 3.8) is 0 Å². The highest BCUT2D eigenvalue weighted by Crippen LogP contribution is 2.63. The summed E-state index contributed by atoms with van der Waals surface area (Å²) in [6.45, 7) is 0.689. The van der Waals surface area contributed by atoms with Gasteiger partial charge in [-0.1, -0.05) is 4.98 Å². The molecule has 9 heterocycles. The SMILES string of the molecule is COC1[C@@H](OP(=O)([O-])OC[C@H]2O[C@@H](n3cnc4c(=O)[nH]c(N)nc43)C(O)[C@H]2OC(C)C)[C@@H](COP(=O)([O-])OP(=O)([O-])OP(=O)([O-])OC[C@H]2O[C@@H]([n+]3cn(C)c4c(=O)[nH]c(N)nc43)C(C)(O)[C@H]2O)O[C@H]1n1cnc2c(N)ncnc21. The van der Waals surface area contributed by atoms with Crippen molar-refractivity contribution in [2.45, 2.75) is 100.0 Å². The van der Waals surface area contributed by atoms with E-state index in [4.69, 9.17) is 54.5 Å². The topological polar surface area (TPSA) is 563 Å². The van der Waals surface area contributed by atoms with Gasteiger partial charge in [0.05, 0.1) is 45.6 Å². The molecule has 434 valence electrons. The third-order valence-corrected chi connectivity index (χ3v) is 17.4. The summed E-state index contributed by atoms with van der Waals surface area (Å²) in [7, 11) is -22.4. The second kappa shape index (κ2) is 21.6. The number of H-pyrrole nitrogens is 2. The Labute approximate surface area is 440 Å². The molecule has 3 aliphatic rings. The number of aryl methyl sites for hydroxylation is 1. The minimum Gasteiger partial charge on any atom is -0.756 e. The molecule has 0 aromatic carbocycles. The van der Waals surface area contributed by atoms with E-state index in [1.807, 2.05) is 0 Å². The predicted octanol–water partition coefficient (Wildman–Crippen LogP) is -5.42. The molecule has 0 amide bonds. The van der Waals surface area contributed by atoms with Crippen LogP contribution < -0.4 is 52.5 Å². The number of nitrogens with two attached hydrogens (primary N) is 3. The van der Waals surface area contributed by atoms with Gasteiger partial charge in [-0.15, -0.1) is 0 Å². The molecular formula is C36H48N15O24P4-3. The van der Waals surface area contributed by atoms with Crippen LogP contribution in [-0.4, -0.2) is 156 Å². The standard InChI is InChI=1S/C36H51N15O24P4/c1-13(2)69-21-14(70-31(20(21)52)50-11-43-18-27(50)44-34(38)46-29(18)54)6-66-76(57,58)73-22-15(71-32(23(22)65-5)49-10-42-17-25(37)40-9-41-26(17)49)7-67-77(59,60)74-79(63,64)75-78(61,62)68-8-16-24(53)36(3,56)33(72-16)51-12-48(4)19-28(51)45-35(39)47-30(19)55/h9-16,20-24,31-33,52-53,56H,6-8H2,1-5H3,(H11-,37,38,39,40,41,44,45,46,47,54,55,57,58,59,60,61,62,63,64)/p-3/t14-,15-,16-,20?,21+,22+,23?,24+,31-,32-,33-,36?/m1/s1. The molecule has 6 aromatic heterocycles. The maximum Gasteiger partial charge on any atom is 0.313 e. The van der Waals surface area contributed by atoms with Crippen LogP contribution in [0.3, 0.4) is 0 Å². The van der Waals surface area contributed by atoms with E-state index in [2.05, 4.69) is 53.0 Å². The molecule has 11 N–H and O–H groups in total. The smallest absolute Gasteiger partial charge is 0.313 e. The van der Waals surface area contributed by atoms with E-state index < -0.39 is 141 Å². The minimum absolute atomic E-state index is 0.0209. The van der Waals surface area contributed by atoms with Gasteiger partial charge in [-0.3, -0.25) is 51.5 Å². The van der Waals surface area contributed by atoms with Crippen molar-refractivity contribution < 1.29 is 108 Å². The van der Waals surface area contributed by atoms with E-state index >= 15 is 0 Å². The third kappa shape index (κ3) is 11.8. The first-order chi connectivity index (χ1) is 36.9. The van der Waals surface area contributed by atoms with Crippen LogP contribution in [0, 0.1) is 0 Å². The van der Waals surface area contributed by atoms with Crippen LogP contribution in [0.4, 0.5) is 17.7 Å². The van der Waals surface area contributed by atoms with Gasteiger partial charge in [0.2, 0.25) is 17.7 Å². The number of methoxy groups -OCH3 is 1. The number of rotatable bonds is 21. The first-order valence-corrected chi connectivity index (χ1v) is 28.7. The maximum absolute atomic E-state index is 13.8. The van der Waals surface area contributed by atoms with E-state index in [-0.39, 0.29) is 51.2 Å². The van der Waals surface area contributed by atoms with Gasteiger partial charge in [0.15, 0.2) is 41.4 Å². The molecule has 16 atom stereocenters. The quantitative estimate of drug-likeness (QED) is 0.0246. The number of nitrogens with zero attached hydrogens (tertiary/aromatic N) is 10. The van der Waals surface area contributed by atoms with Gasteiger partial charge >= 0.3 is 5.65 Å². The molecule has 0 spiro atoms. The number of hydrogen-bond donors (Lipinski definition) is 8. The summed E-state index contributed by atoms with van der Waals surface area (Å²) in [5, 5.41) is 33.6. The van der Waals surface area contributed by atoms with Gasteiger partial charge in [0.25, 0.3) is 48.4 Å². The lowest BCUT2D eigenvalue weighted by atomic mass is 9.96. The van der Waals surface area contributed by atoms with Crippen LogP contribution in [0.1, 0.15) is 39.5 Å². The Balaban J connectivity index is 0.883. The Hall–Kier alpha value is -5.15. The zero-order chi connectivity index (χ0) is 57.5. The molecule has 9 rings (SSSR count). The first-order valence-electron chi connectivity index (χ1n) is 22.8. The van der Waals surface area contributed by atoms with Crippen molar-refractivity contribution in [2.75, 3.05) is 44.1 Å². The molecule has 3 aliphatic heterocycles. The minimum atomic E-state index is -6.60. The Kier molecular flexibility index (Phi) is 16.0. The molecule has 6 aromatic rings. The zero-order valence-corrected chi connectivity index (χ0v) is 44.8. The van der Waals surface area contributed by atoms with E-state index in [1.54, 1.807) is 13.8 Å². The number of aliphatic hydroxyl groups is 3. The monoisotopic (exact) mass is 1200 g/mol. The highest BCUT2D eigenvalue weighted by molar-refractivity contribution is 7.65. The summed E-state index contributed by atoms with van der Waals surface area (Å²) in [4.78, 5) is 106. The first kappa shape index (κ1) is 58.5. The zero-order valence-electron chi connectivity index (χ0n) is 41.3. The Morgan fingerprint density at radius 3 is 1.97 bits per heavy atom. The number of hydrogen-bond acceptors (Lipinski definition) is 33. The lowest BCUT2D eigenvalue weighted by molar-refractivity contribution is -0.752. The molecule has 0 radical (unpaired) electrons. The largest absolute Gasteiger partial charge is 0.756 e. The number of ether oxygens (including phenoxy) is 5. The molecule has 0 saturated carbocycles. The number of anilines is 3. The molecule has 39 nitrogen and oxygen atoms in total. The van der Waals surface area contributed by atoms with Crippen LogP contribution in [0.5, 0.6) is 0 Å². The highest BCUT2D eigenvalue weighted by atomic mass is 31.3. The molecule has 0 bridgehead atoms. The Bertz CT molecular complexity index is 3600. The summed E-state index contributed by atoms with van der Waals surface area (Å²) in [5.74, 6) is -0.736.